The number of rotatable bonds is 6. The molecule has 0 spiro atoms. The van der Waals surface area contributed by atoms with Crippen LogP contribution in [0.5, 0.6) is 0 Å². The fraction of sp³-hybridized carbons (Fsp3) is 0.286. The molecule has 0 radical (unpaired) electrons. The van der Waals surface area contributed by atoms with Gasteiger partial charge in [-0.1, -0.05) is 42.3 Å². The van der Waals surface area contributed by atoms with E-state index in [-0.39, 0.29) is 42.6 Å². The van der Waals surface area contributed by atoms with Crippen LogP contribution in [-0.4, -0.2) is 42.0 Å². The van der Waals surface area contributed by atoms with Crippen LogP contribution in [0.4, 0.5) is 20.2 Å². The molecule has 0 saturated carbocycles. The van der Waals surface area contributed by atoms with Gasteiger partial charge in [0.1, 0.15) is 17.7 Å². The third-order valence-electron chi connectivity index (χ3n) is 10.2. The number of nitrogens with zero attached hydrogens (tertiary/aromatic N) is 3. The van der Waals surface area contributed by atoms with E-state index < -0.39 is 29.7 Å². The average Bonchev–Trinajstić information content (AvgIpc) is 3.44. The first-order valence-electron chi connectivity index (χ1n) is 17.3. The summed E-state index contributed by atoms with van der Waals surface area (Å²) in [5.41, 5.74) is 4.48. The Morgan fingerprint density at radius 2 is 1.73 bits per heavy atom. The van der Waals surface area contributed by atoms with Crippen molar-refractivity contribution in [3.8, 4) is 18.4 Å². The van der Waals surface area contributed by atoms with Crippen molar-refractivity contribution in [2.24, 2.45) is 5.92 Å². The number of aliphatic hydroxyl groups excluding tert-OH is 1. The molecule has 7 rings (SSSR count). The highest BCUT2D eigenvalue weighted by atomic mass is 19.1. The van der Waals surface area contributed by atoms with E-state index in [4.69, 9.17) is 11.7 Å². The minimum atomic E-state index is -0.877. The van der Waals surface area contributed by atoms with Crippen molar-refractivity contribution in [2.75, 3.05) is 22.9 Å². The van der Waals surface area contributed by atoms with Crippen LogP contribution in [0.25, 0.3) is 10.8 Å². The number of terminal acetylenes is 1. The Balaban J connectivity index is 0.000000715. The number of imide groups is 1. The van der Waals surface area contributed by atoms with Crippen molar-refractivity contribution in [1.29, 1.82) is 5.26 Å². The van der Waals surface area contributed by atoms with Crippen molar-refractivity contribution < 1.29 is 28.3 Å². The smallest absolute Gasteiger partial charge is 0.259 e. The Hall–Kier alpha value is -5.84. The fourth-order valence-electron chi connectivity index (χ4n) is 7.20. The maximum atomic E-state index is 15.5. The zero-order chi connectivity index (χ0) is 37.1. The van der Waals surface area contributed by atoms with Crippen molar-refractivity contribution >= 4 is 39.9 Å². The van der Waals surface area contributed by atoms with Crippen LogP contribution in [0.1, 0.15) is 78.2 Å². The van der Waals surface area contributed by atoms with E-state index in [9.17, 15) is 23.9 Å². The van der Waals surface area contributed by atoms with Gasteiger partial charge >= 0.3 is 0 Å². The molecule has 3 amide bonds. The molecule has 0 aromatic heterocycles. The lowest BCUT2D eigenvalue weighted by Crippen LogP contribution is -2.53. The molecule has 0 bridgehead atoms. The summed E-state index contributed by atoms with van der Waals surface area (Å²) >= 11 is 0. The van der Waals surface area contributed by atoms with Gasteiger partial charge in [0.2, 0.25) is 11.8 Å². The fourth-order valence-corrected chi connectivity index (χ4v) is 7.20. The predicted molar refractivity (Wildman–Crippen MR) is 195 cm³/mol. The summed E-state index contributed by atoms with van der Waals surface area (Å²) in [5, 5.41) is 24.0. The van der Waals surface area contributed by atoms with Crippen LogP contribution >= 0.6 is 0 Å². The van der Waals surface area contributed by atoms with Crippen LogP contribution < -0.4 is 15.1 Å². The minimum Gasteiger partial charge on any atom is -0.388 e. The second-order valence-corrected chi connectivity index (χ2v) is 13.3. The Bertz CT molecular complexity index is 2190. The molecule has 2 unspecified atom stereocenters. The molecule has 264 valence electrons. The molecule has 2 N–H and O–H groups in total. The molecule has 3 aliphatic heterocycles. The quantitative estimate of drug-likeness (QED) is 0.168. The third kappa shape index (κ3) is 7.03. The van der Waals surface area contributed by atoms with Gasteiger partial charge in [-0.15, -0.1) is 6.42 Å². The van der Waals surface area contributed by atoms with Crippen LogP contribution in [0.2, 0.25) is 0 Å². The molecule has 0 aliphatic carbocycles. The Morgan fingerprint density at radius 3 is 2.37 bits per heavy atom. The third-order valence-corrected chi connectivity index (χ3v) is 10.2. The van der Waals surface area contributed by atoms with E-state index in [0.717, 1.165) is 16.5 Å². The predicted octanol–water partition coefficient (Wildman–Crippen LogP) is 6.88. The topological polar surface area (TPSA) is 114 Å². The number of carbonyl (C=O) groups is 3. The summed E-state index contributed by atoms with van der Waals surface area (Å²) in [6, 6.07) is 19.3. The van der Waals surface area contributed by atoms with Crippen LogP contribution in [0.3, 0.4) is 0 Å². The molecule has 3 aliphatic rings. The van der Waals surface area contributed by atoms with Gasteiger partial charge in [0, 0.05) is 36.9 Å². The second-order valence-electron chi connectivity index (χ2n) is 13.3. The van der Waals surface area contributed by atoms with E-state index >= 15 is 4.39 Å². The highest BCUT2D eigenvalue weighted by Gasteiger charge is 2.41. The zero-order valence-electron chi connectivity index (χ0n) is 29.0. The highest BCUT2D eigenvalue weighted by Crippen LogP contribution is 2.42. The van der Waals surface area contributed by atoms with E-state index in [1.807, 2.05) is 43.0 Å². The van der Waals surface area contributed by atoms with E-state index in [1.54, 1.807) is 42.5 Å². The molecule has 4 aromatic rings. The Morgan fingerprint density at radius 1 is 1.00 bits per heavy atom. The summed E-state index contributed by atoms with van der Waals surface area (Å²) in [7, 11) is 0. The second kappa shape index (κ2) is 15.2. The standard InChI is InChI=1S/C36H30F2N4O4.C6H8/c37-27-18-24(34(44)21-12-14-41(15-13-21)29-8-4-20(19-39)16-28(29)38)6-5-23(27)17-22-7-9-30-33-25(22)2-1-3-26(33)36(46)42(30)31-10-11-32(43)40-35(31)45;1-4-6(3)5-2/h1-9,16,18,21,31,34,44H,10-15,17H2,(H,40,43,45);1,5H,2-3H3/b;6-5+. The molecule has 10 heteroatoms. The van der Waals surface area contributed by atoms with Crippen LogP contribution in [-0.2, 0) is 16.0 Å². The number of halogens is 2. The number of hydrogen-bond donors (Lipinski definition) is 2. The number of allylic oxidation sites excluding steroid dienone is 2. The summed E-state index contributed by atoms with van der Waals surface area (Å²) in [6.45, 7) is 4.88. The van der Waals surface area contributed by atoms with Crippen LogP contribution in [0, 0.1) is 41.2 Å². The molecule has 3 heterocycles. The van der Waals surface area contributed by atoms with E-state index in [1.165, 1.54) is 17.0 Å². The molecule has 2 atom stereocenters. The molecular weight excluding hydrogens is 662 g/mol. The Labute approximate surface area is 301 Å². The van der Waals surface area contributed by atoms with Crippen LogP contribution in [0.15, 0.2) is 78.4 Å². The lowest BCUT2D eigenvalue weighted by atomic mass is 9.86. The number of nitrogens with one attached hydrogen (secondary N) is 1. The van der Waals surface area contributed by atoms with Gasteiger partial charge in [-0.3, -0.25) is 24.6 Å². The Kier molecular flexibility index (Phi) is 10.5. The summed E-state index contributed by atoms with van der Waals surface area (Å²) < 4.78 is 30.1. The number of piperidine rings is 2. The lowest BCUT2D eigenvalue weighted by molar-refractivity contribution is -0.134. The summed E-state index contributed by atoms with van der Waals surface area (Å²) in [5.74, 6) is 0.308. The molecule has 2 fully saturated rings. The molecule has 8 nitrogen and oxygen atoms in total. The molecular formula is C42H38F2N4O4. The number of amides is 3. The highest BCUT2D eigenvalue weighted by molar-refractivity contribution is 6.27. The number of carbonyl (C=O) groups excluding carboxylic acids is 3. The SMILES string of the molecule is C#C/C(C)=C/C.N#Cc1ccc(N2CCC(C(O)c3ccc(Cc4ccc5c6c(cccc46)C(=O)N5C4CCC(=O)NC4=O)c(F)c3)CC2)c(F)c1. The largest absolute Gasteiger partial charge is 0.388 e. The monoisotopic (exact) mass is 700 g/mol. The summed E-state index contributed by atoms with van der Waals surface area (Å²) in [6.07, 6.45) is 7.83. The van der Waals surface area contributed by atoms with Gasteiger partial charge < -0.3 is 10.0 Å². The van der Waals surface area contributed by atoms with Crippen molar-refractivity contribution in [1.82, 2.24) is 5.32 Å². The minimum absolute atomic E-state index is 0.121. The first-order chi connectivity index (χ1) is 25.0. The van der Waals surface area contributed by atoms with Gasteiger partial charge in [-0.25, -0.2) is 8.78 Å². The first-order valence-corrected chi connectivity index (χ1v) is 17.3. The molecule has 52 heavy (non-hydrogen) atoms. The summed E-state index contributed by atoms with van der Waals surface area (Å²) in [4.78, 5) is 41.1. The zero-order valence-corrected chi connectivity index (χ0v) is 29.0. The number of aliphatic hydroxyl groups is 1. The van der Waals surface area contributed by atoms with Crippen molar-refractivity contribution in [3.05, 3.63) is 118 Å². The maximum absolute atomic E-state index is 15.5. The number of nitriles is 1. The van der Waals surface area contributed by atoms with Crippen molar-refractivity contribution in [2.45, 2.75) is 58.1 Å². The van der Waals surface area contributed by atoms with Gasteiger partial charge in [-0.05, 0) is 103 Å². The number of benzene rings is 4. The molecule has 2 saturated heterocycles. The average molecular weight is 701 g/mol. The van der Waals surface area contributed by atoms with E-state index in [0.29, 0.717) is 59.4 Å². The lowest BCUT2D eigenvalue weighted by Gasteiger charge is -2.36. The number of anilines is 2. The number of hydrogen-bond acceptors (Lipinski definition) is 6. The van der Waals surface area contributed by atoms with Gasteiger partial charge in [0.05, 0.1) is 29.1 Å². The normalized spacial score (nSPS) is 18.0. The first kappa shape index (κ1) is 36.0. The maximum Gasteiger partial charge on any atom is 0.259 e. The molecule has 4 aromatic carbocycles. The van der Waals surface area contributed by atoms with Gasteiger partial charge in [0.15, 0.2) is 0 Å². The van der Waals surface area contributed by atoms with Gasteiger partial charge in [0.25, 0.3) is 5.91 Å². The van der Waals surface area contributed by atoms with Crippen molar-refractivity contribution in [3.63, 3.8) is 0 Å². The van der Waals surface area contributed by atoms with Gasteiger partial charge in [-0.2, -0.15) is 5.26 Å². The van der Waals surface area contributed by atoms with E-state index in [2.05, 4.69) is 11.2 Å².